The van der Waals surface area contributed by atoms with E-state index in [9.17, 15) is 0 Å². The standard InChI is InChI=1S/C14H17N2/c1-15-10-12-16(13-11-15)9-5-8-14-6-3-2-4-7-14/h2-3,6-7H,9-13H2,1H3. The van der Waals surface area contributed by atoms with Gasteiger partial charge >= 0.3 is 0 Å². The summed E-state index contributed by atoms with van der Waals surface area (Å²) in [4.78, 5) is 4.76. The highest BCUT2D eigenvalue weighted by Gasteiger charge is 2.11. The van der Waals surface area contributed by atoms with Gasteiger partial charge in [0, 0.05) is 31.7 Å². The lowest BCUT2D eigenvalue weighted by Crippen LogP contribution is -2.44. The van der Waals surface area contributed by atoms with Gasteiger partial charge in [0.2, 0.25) is 0 Å². The molecule has 0 saturated carbocycles. The van der Waals surface area contributed by atoms with Crippen LogP contribution in [0.4, 0.5) is 0 Å². The first kappa shape index (κ1) is 11.2. The molecule has 0 amide bonds. The van der Waals surface area contributed by atoms with Gasteiger partial charge < -0.3 is 4.90 Å². The van der Waals surface area contributed by atoms with Gasteiger partial charge in [0.05, 0.1) is 6.54 Å². The molecule has 0 bridgehead atoms. The lowest BCUT2D eigenvalue weighted by Gasteiger charge is -2.30. The molecule has 2 nitrogen and oxygen atoms in total. The molecule has 83 valence electrons. The van der Waals surface area contributed by atoms with Crippen LogP contribution in [0.25, 0.3) is 0 Å². The van der Waals surface area contributed by atoms with Crippen molar-refractivity contribution < 1.29 is 0 Å². The average molecular weight is 213 g/mol. The summed E-state index contributed by atoms with van der Waals surface area (Å²) in [7, 11) is 2.17. The first-order chi connectivity index (χ1) is 7.84. The predicted molar refractivity (Wildman–Crippen MR) is 66.1 cm³/mol. The maximum Gasteiger partial charge on any atom is 0.0606 e. The van der Waals surface area contributed by atoms with Crippen molar-refractivity contribution in [2.75, 3.05) is 39.8 Å². The maximum absolute atomic E-state index is 3.22. The quantitative estimate of drug-likeness (QED) is 0.644. The second-order valence-electron chi connectivity index (χ2n) is 4.17. The fourth-order valence-corrected chi connectivity index (χ4v) is 1.73. The number of hydrogen-bond donors (Lipinski definition) is 0. The molecule has 1 saturated heterocycles. The Balaban J connectivity index is 1.82. The topological polar surface area (TPSA) is 6.48 Å². The zero-order valence-corrected chi connectivity index (χ0v) is 9.74. The van der Waals surface area contributed by atoms with Gasteiger partial charge in [-0.2, -0.15) is 0 Å². The van der Waals surface area contributed by atoms with Crippen molar-refractivity contribution in [2.45, 2.75) is 0 Å². The van der Waals surface area contributed by atoms with Gasteiger partial charge in [-0.3, -0.25) is 4.90 Å². The zero-order valence-electron chi connectivity index (χ0n) is 9.74. The van der Waals surface area contributed by atoms with Gasteiger partial charge in [0.1, 0.15) is 0 Å². The molecule has 0 unspecified atom stereocenters. The van der Waals surface area contributed by atoms with Crippen LogP contribution in [0.1, 0.15) is 5.56 Å². The Morgan fingerprint density at radius 1 is 1.31 bits per heavy atom. The van der Waals surface area contributed by atoms with Crippen molar-refractivity contribution in [3.05, 3.63) is 35.9 Å². The number of likely N-dealkylation sites (N-methyl/N-ethyl adjacent to an activating group) is 1. The minimum absolute atomic E-state index is 0.878. The van der Waals surface area contributed by atoms with Gasteiger partial charge in [-0.1, -0.05) is 24.0 Å². The minimum Gasteiger partial charge on any atom is -0.304 e. The third-order valence-corrected chi connectivity index (χ3v) is 2.84. The Labute approximate surface area is 97.9 Å². The van der Waals surface area contributed by atoms with E-state index in [1.54, 1.807) is 0 Å². The van der Waals surface area contributed by atoms with Crippen LogP contribution in [-0.2, 0) is 0 Å². The fraction of sp³-hybridized carbons (Fsp3) is 0.429. The Morgan fingerprint density at radius 2 is 2.12 bits per heavy atom. The number of nitrogens with zero attached hydrogens (tertiary/aromatic N) is 2. The summed E-state index contributed by atoms with van der Waals surface area (Å²) in [6.45, 7) is 5.45. The smallest absolute Gasteiger partial charge is 0.0606 e. The van der Waals surface area contributed by atoms with Crippen molar-refractivity contribution in [1.29, 1.82) is 0 Å². The van der Waals surface area contributed by atoms with Crippen molar-refractivity contribution in [2.24, 2.45) is 0 Å². The Hall–Kier alpha value is -1.30. The predicted octanol–water partition coefficient (Wildman–Crippen LogP) is 1.09. The van der Waals surface area contributed by atoms with Crippen molar-refractivity contribution in [3.63, 3.8) is 0 Å². The molecule has 1 aromatic rings. The van der Waals surface area contributed by atoms with Crippen LogP contribution in [0.15, 0.2) is 24.3 Å². The van der Waals surface area contributed by atoms with Gasteiger partial charge in [-0.05, 0) is 25.2 Å². The van der Waals surface area contributed by atoms with Crippen LogP contribution >= 0.6 is 0 Å². The molecule has 1 aromatic carbocycles. The molecular weight excluding hydrogens is 196 g/mol. The van der Waals surface area contributed by atoms with E-state index < -0.39 is 0 Å². The van der Waals surface area contributed by atoms with Gasteiger partial charge in [0.25, 0.3) is 0 Å². The highest BCUT2D eigenvalue weighted by atomic mass is 15.2. The molecule has 1 radical (unpaired) electrons. The first-order valence-electron chi connectivity index (χ1n) is 5.70. The maximum atomic E-state index is 3.22. The number of hydrogen-bond acceptors (Lipinski definition) is 2. The molecule has 0 atom stereocenters. The van der Waals surface area contributed by atoms with Crippen LogP contribution < -0.4 is 0 Å². The monoisotopic (exact) mass is 213 g/mol. The van der Waals surface area contributed by atoms with E-state index in [-0.39, 0.29) is 0 Å². The van der Waals surface area contributed by atoms with Crippen LogP contribution in [0.5, 0.6) is 0 Å². The lowest BCUT2D eigenvalue weighted by atomic mass is 10.2. The van der Waals surface area contributed by atoms with Gasteiger partial charge in [0.15, 0.2) is 0 Å². The first-order valence-corrected chi connectivity index (χ1v) is 5.70. The third kappa shape index (κ3) is 3.37. The van der Waals surface area contributed by atoms with E-state index in [0.717, 1.165) is 38.3 Å². The lowest BCUT2D eigenvalue weighted by molar-refractivity contribution is 0.168. The van der Waals surface area contributed by atoms with Crippen LogP contribution in [0, 0.1) is 17.9 Å². The fourth-order valence-electron chi connectivity index (χ4n) is 1.73. The summed E-state index contributed by atoms with van der Waals surface area (Å²) in [6.07, 6.45) is 0. The van der Waals surface area contributed by atoms with E-state index >= 15 is 0 Å². The Bertz CT molecular complexity index is 367. The Kier molecular flexibility index (Phi) is 3.98. The van der Waals surface area contributed by atoms with Gasteiger partial charge in [-0.15, -0.1) is 0 Å². The largest absolute Gasteiger partial charge is 0.304 e. The molecule has 2 heteroatoms. The summed E-state index contributed by atoms with van der Waals surface area (Å²) in [6, 6.07) is 10.8. The minimum atomic E-state index is 0.878. The second kappa shape index (κ2) is 5.69. The summed E-state index contributed by atoms with van der Waals surface area (Å²) in [5.74, 6) is 6.39. The van der Waals surface area contributed by atoms with Crippen molar-refractivity contribution in [1.82, 2.24) is 9.80 Å². The third-order valence-electron chi connectivity index (χ3n) is 2.84. The average Bonchev–Trinajstić information content (AvgIpc) is 2.33. The molecule has 0 aliphatic carbocycles. The summed E-state index contributed by atoms with van der Waals surface area (Å²) >= 11 is 0. The molecule has 0 aromatic heterocycles. The van der Waals surface area contributed by atoms with E-state index in [1.807, 2.05) is 24.3 Å². The zero-order chi connectivity index (χ0) is 11.2. The van der Waals surface area contributed by atoms with Crippen LogP contribution in [0.3, 0.4) is 0 Å². The molecule has 2 rings (SSSR count). The normalized spacial score (nSPS) is 17.8. The molecule has 1 fully saturated rings. The number of rotatable bonds is 1. The highest BCUT2D eigenvalue weighted by Crippen LogP contribution is 1.98. The molecule has 1 aliphatic rings. The number of benzene rings is 1. The second-order valence-corrected chi connectivity index (χ2v) is 4.17. The molecule has 1 aliphatic heterocycles. The van der Waals surface area contributed by atoms with Gasteiger partial charge in [-0.25, -0.2) is 0 Å². The van der Waals surface area contributed by atoms with E-state index in [4.69, 9.17) is 0 Å². The van der Waals surface area contributed by atoms with E-state index in [1.165, 1.54) is 0 Å². The Morgan fingerprint density at radius 3 is 2.81 bits per heavy atom. The molecular formula is C14H17N2. The summed E-state index contributed by atoms with van der Waals surface area (Å²) in [5, 5.41) is 0. The molecule has 16 heavy (non-hydrogen) atoms. The molecule has 1 heterocycles. The van der Waals surface area contributed by atoms with E-state index in [0.29, 0.717) is 0 Å². The van der Waals surface area contributed by atoms with E-state index in [2.05, 4.69) is 34.8 Å². The summed E-state index contributed by atoms with van der Waals surface area (Å²) in [5.41, 5.74) is 1.05. The molecule has 0 N–H and O–H groups in total. The molecule has 0 spiro atoms. The van der Waals surface area contributed by atoms with Crippen molar-refractivity contribution >= 4 is 0 Å². The van der Waals surface area contributed by atoms with Crippen molar-refractivity contribution in [3.8, 4) is 11.8 Å². The number of piperazine rings is 1. The summed E-state index contributed by atoms with van der Waals surface area (Å²) < 4.78 is 0. The SMILES string of the molecule is CN1CCN(CC#Cc2c[c]ccc2)CC1. The highest BCUT2D eigenvalue weighted by molar-refractivity contribution is 5.33. The van der Waals surface area contributed by atoms with Crippen LogP contribution in [0.2, 0.25) is 0 Å². The van der Waals surface area contributed by atoms with Crippen LogP contribution in [-0.4, -0.2) is 49.6 Å².